The highest BCUT2D eigenvalue weighted by Gasteiger charge is 2.25. The molecule has 194 valence electrons. The first-order valence-corrected chi connectivity index (χ1v) is 14.0. The molecule has 3 heterocycles. The zero-order chi connectivity index (χ0) is 24.9. The third kappa shape index (κ3) is 6.28. The number of benzene rings is 1. The Morgan fingerprint density at radius 3 is 2.75 bits per heavy atom. The van der Waals surface area contributed by atoms with Crippen LogP contribution in [-0.4, -0.2) is 62.1 Å². The molecule has 1 saturated heterocycles. The molecule has 1 saturated carbocycles. The summed E-state index contributed by atoms with van der Waals surface area (Å²) >= 11 is 1.80. The van der Waals surface area contributed by atoms with Crippen LogP contribution in [0.3, 0.4) is 0 Å². The number of hydrogen-bond donors (Lipinski definition) is 0. The van der Waals surface area contributed by atoms with Crippen molar-refractivity contribution in [1.29, 1.82) is 0 Å². The number of nitrogens with zero attached hydrogens (tertiary/aromatic N) is 4. The molecule has 0 spiro atoms. The Morgan fingerprint density at radius 2 is 2.00 bits per heavy atom. The lowest BCUT2D eigenvalue weighted by Crippen LogP contribution is -2.33. The Kier molecular flexibility index (Phi) is 8.24. The molecule has 2 fully saturated rings. The fourth-order valence-corrected chi connectivity index (χ4v) is 5.94. The van der Waals surface area contributed by atoms with Gasteiger partial charge in [0.15, 0.2) is 5.58 Å². The summed E-state index contributed by atoms with van der Waals surface area (Å²) in [6.07, 6.45) is 8.96. The number of rotatable bonds is 12. The van der Waals surface area contributed by atoms with E-state index in [4.69, 9.17) is 14.1 Å². The van der Waals surface area contributed by atoms with Crippen LogP contribution in [0.1, 0.15) is 53.8 Å². The zero-order valence-electron chi connectivity index (χ0n) is 21.7. The molecule has 1 aliphatic carbocycles. The van der Waals surface area contributed by atoms with Gasteiger partial charge in [0.2, 0.25) is 0 Å². The third-order valence-electron chi connectivity index (χ3n) is 7.36. The van der Waals surface area contributed by atoms with Crippen molar-refractivity contribution in [3.05, 3.63) is 45.3 Å². The SMILES string of the molecule is CO/N=C/c1ccsc1CN1CCC(CCc2noc3c(CN(C)C)c(OCC4CC4)ccc23)CC1. The van der Waals surface area contributed by atoms with Crippen LogP contribution in [-0.2, 0) is 24.3 Å². The lowest BCUT2D eigenvalue weighted by Gasteiger charge is -2.31. The smallest absolute Gasteiger partial charge is 0.175 e. The van der Waals surface area contributed by atoms with Crippen molar-refractivity contribution in [2.24, 2.45) is 17.0 Å². The monoisotopic (exact) mass is 510 g/mol. The lowest BCUT2D eigenvalue weighted by atomic mass is 9.91. The van der Waals surface area contributed by atoms with E-state index in [2.05, 4.69) is 57.8 Å². The Bertz CT molecular complexity index is 1160. The molecule has 7 nitrogen and oxygen atoms in total. The van der Waals surface area contributed by atoms with Crippen LogP contribution in [0.4, 0.5) is 0 Å². The molecule has 0 radical (unpaired) electrons. The standard InChI is InChI=1S/C28H38N4O3S/c1-31(2)17-24-26(34-19-21-4-5-21)9-7-23-25(30-35-28(23)24)8-6-20-10-13-32(14-11-20)18-27-22(12-15-36-27)16-29-33-3/h7,9,12,15-16,20-21H,4-6,8,10-11,13-14,17-19H2,1-3H3/b29-16+. The molecule has 2 aromatic heterocycles. The van der Waals surface area contributed by atoms with Crippen molar-refractivity contribution in [1.82, 2.24) is 15.0 Å². The minimum absolute atomic E-state index is 0.724. The molecule has 2 aliphatic rings. The van der Waals surface area contributed by atoms with Crippen molar-refractivity contribution in [3.63, 3.8) is 0 Å². The van der Waals surface area contributed by atoms with Crippen LogP contribution >= 0.6 is 11.3 Å². The van der Waals surface area contributed by atoms with E-state index >= 15 is 0 Å². The Labute approximate surface area is 218 Å². The minimum atomic E-state index is 0.724. The van der Waals surface area contributed by atoms with Gasteiger partial charge in [-0.3, -0.25) is 4.90 Å². The van der Waals surface area contributed by atoms with E-state index in [1.807, 2.05) is 6.21 Å². The molecule has 36 heavy (non-hydrogen) atoms. The number of oxime groups is 1. The molecular formula is C28H38N4O3S. The maximum Gasteiger partial charge on any atom is 0.175 e. The molecule has 0 N–H and O–H groups in total. The zero-order valence-corrected chi connectivity index (χ0v) is 22.6. The fraction of sp³-hybridized carbons (Fsp3) is 0.571. The molecule has 0 unspecified atom stereocenters. The van der Waals surface area contributed by atoms with Gasteiger partial charge >= 0.3 is 0 Å². The van der Waals surface area contributed by atoms with Crippen molar-refractivity contribution in [2.75, 3.05) is 40.9 Å². The van der Waals surface area contributed by atoms with Gasteiger partial charge in [-0.25, -0.2) is 0 Å². The first-order valence-electron chi connectivity index (χ1n) is 13.1. The predicted molar refractivity (Wildman–Crippen MR) is 145 cm³/mol. The van der Waals surface area contributed by atoms with Crippen LogP contribution in [0.25, 0.3) is 11.0 Å². The maximum absolute atomic E-state index is 6.18. The Morgan fingerprint density at radius 1 is 1.17 bits per heavy atom. The molecule has 1 aromatic carbocycles. The summed E-state index contributed by atoms with van der Waals surface area (Å²) in [6.45, 7) is 4.85. The van der Waals surface area contributed by atoms with E-state index < -0.39 is 0 Å². The quantitative estimate of drug-likeness (QED) is 0.235. The van der Waals surface area contributed by atoms with Gasteiger partial charge in [-0.1, -0.05) is 10.3 Å². The lowest BCUT2D eigenvalue weighted by molar-refractivity contribution is 0.173. The van der Waals surface area contributed by atoms with Crippen LogP contribution in [0.5, 0.6) is 5.75 Å². The highest BCUT2D eigenvalue weighted by molar-refractivity contribution is 7.10. The number of fused-ring (bicyclic) bond motifs is 1. The number of aryl methyl sites for hydroxylation is 1. The topological polar surface area (TPSA) is 63.3 Å². The molecule has 8 heteroatoms. The largest absolute Gasteiger partial charge is 0.493 e. The van der Waals surface area contributed by atoms with Gasteiger partial charge < -0.3 is 19.0 Å². The van der Waals surface area contributed by atoms with Crippen molar-refractivity contribution >= 4 is 28.5 Å². The average molecular weight is 511 g/mol. The number of piperidine rings is 1. The van der Waals surface area contributed by atoms with Gasteiger partial charge in [0.05, 0.1) is 24.1 Å². The van der Waals surface area contributed by atoms with Gasteiger partial charge in [-0.2, -0.15) is 0 Å². The maximum atomic E-state index is 6.18. The summed E-state index contributed by atoms with van der Waals surface area (Å²) in [4.78, 5) is 10.9. The number of aromatic nitrogens is 1. The van der Waals surface area contributed by atoms with E-state index in [-0.39, 0.29) is 0 Å². The summed E-state index contributed by atoms with van der Waals surface area (Å²) in [7, 11) is 5.75. The highest BCUT2D eigenvalue weighted by Crippen LogP contribution is 2.35. The normalized spacial score (nSPS) is 17.6. The van der Waals surface area contributed by atoms with Gasteiger partial charge in [-0.05, 0) is 101 Å². The molecule has 0 atom stereocenters. The second-order valence-electron chi connectivity index (χ2n) is 10.5. The first kappa shape index (κ1) is 25.2. The number of thiophene rings is 1. The Balaban J connectivity index is 1.17. The third-order valence-corrected chi connectivity index (χ3v) is 8.28. The number of ether oxygens (including phenoxy) is 1. The molecule has 3 aromatic rings. The summed E-state index contributed by atoms with van der Waals surface area (Å²) in [5, 5.41) is 11.7. The van der Waals surface area contributed by atoms with Crippen molar-refractivity contribution < 1.29 is 14.1 Å². The van der Waals surface area contributed by atoms with E-state index in [9.17, 15) is 0 Å². The Hall–Kier alpha value is -2.42. The van der Waals surface area contributed by atoms with Crippen molar-refractivity contribution in [3.8, 4) is 5.75 Å². The second kappa shape index (κ2) is 11.8. The van der Waals surface area contributed by atoms with Crippen LogP contribution in [0.2, 0.25) is 0 Å². The van der Waals surface area contributed by atoms with E-state index in [1.54, 1.807) is 18.4 Å². The molecular weight excluding hydrogens is 472 g/mol. The molecule has 5 rings (SSSR count). The van der Waals surface area contributed by atoms with E-state index in [0.29, 0.717) is 0 Å². The summed E-state index contributed by atoms with van der Waals surface area (Å²) < 4.78 is 12.1. The van der Waals surface area contributed by atoms with Crippen LogP contribution in [0.15, 0.2) is 33.3 Å². The fourth-order valence-electron chi connectivity index (χ4n) is 5.05. The molecule has 0 bridgehead atoms. The average Bonchev–Trinajstić information content (AvgIpc) is 3.45. The minimum Gasteiger partial charge on any atom is -0.493 e. The summed E-state index contributed by atoms with van der Waals surface area (Å²) in [5.41, 5.74) is 4.26. The van der Waals surface area contributed by atoms with Gasteiger partial charge in [-0.15, -0.1) is 11.3 Å². The number of likely N-dealkylation sites (tertiary alicyclic amines) is 1. The van der Waals surface area contributed by atoms with Gasteiger partial charge in [0.1, 0.15) is 12.9 Å². The second-order valence-corrected chi connectivity index (χ2v) is 11.5. The van der Waals surface area contributed by atoms with E-state index in [0.717, 1.165) is 91.0 Å². The van der Waals surface area contributed by atoms with E-state index in [1.165, 1.54) is 30.6 Å². The molecule has 0 amide bonds. The van der Waals surface area contributed by atoms with Crippen LogP contribution < -0.4 is 4.74 Å². The predicted octanol–water partition coefficient (Wildman–Crippen LogP) is 5.56. The molecule has 1 aliphatic heterocycles. The summed E-state index contributed by atoms with van der Waals surface area (Å²) in [6, 6.07) is 6.39. The van der Waals surface area contributed by atoms with Gasteiger partial charge in [0, 0.05) is 28.9 Å². The van der Waals surface area contributed by atoms with Crippen LogP contribution in [0, 0.1) is 11.8 Å². The number of hydrogen-bond acceptors (Lipinski definition) is 8. The van der Waals surface area contributed by atoms with Gasteiger partial charge in [0.25, 0.3) is 0 Å². The highest BCUT2D eigenvalue weighted by atomic mass is 32.1. The summed E-state index contributed by atoms with van der Waals surface area (Å²) in [5.74, 6) is 2.40. The first-order chi connectivity index (χ1) is 17.6. The van der Waals surface area contributed by atoms with Crippen molar-refractivity contribution in [2.45, 2.75) is 51.6 Å².